The number of anilines is 1. The summed E-state index contributed by atoms with van der Waals surface area (Å²) in [7, 11) is 0. The largest absolute Gasteiger partial charge is 0.478 e. The van der Waals surface area contributed by atoms with Crippen molar-refractivity contribution in [3.8, 4) is 0 Å². The number of aryl methyl sites for hydroxylation is 1. The topological polar surface area (TPSA) is 63.3 Å². The molecular formula is C10H9NO2S. The summed E-state index contributed by atoms with van der Waals surface area (Å²) in [5.74, 6) is -0.927. The number of aromatic carboxylic acids is 1. The summed E-state index contributed by atoms with van der Waals surface area (Å²) in [5, 5.41) is 11.8. The molecular weight excluding hydrogens is 198 g/mol. The fraction of sp³-hybridized carbons (Fsp3) is 0.100. The first-order valence-corrected chi connectivity index (χ1v) is 4.99. The Bertz CT molecular complexity index is 516. The van der Waals surface area contributed by atoms with Gasteiger partial charge in [0.05, 0.1) is 5.56 Å². The SMILES string of the molecule is Cc1c(N)cc(C(=O)O)c2sccc12. The van der Waals surface area contributed by atoms with Gasteiger partial charge >= 0.3 is 5.97 Å². The molecule has 3 nitrogen and oxygen atoms in total. The number of hydrogen-bond acceptors (Lipinski definition) is 3. The third kappa shape index (κ3) is 1.15. The molecule has 0 aliphatic rings. The molecule has 0 aliphatic heterocycles. The molecule has 14 heavy (non-hydrogen) atoms. The maximum Gasteiger partial charge on any atom is 0.337 e. The van der Waals surface area contributed by atoms with Gasteiger partial charge in [0.25, 0.3) is 0 Å². The predicted octanol–water partition coefficient (Wildman–Crippen LogP) is 2.49. The van der Waals surface area contributed by atoms with Gasteiger partial charge in [0.1, 0.15) is 0 Å². The van der Waals surface area contributed by atoms with Gasteiger partial charge in [0.15, 0.2) is 0 Å². The van der Waals surface area contributed by atoms with Crippen LogP contribution in [0.5, 0.6) is 0 Å². The van der Waals surface area contributed by atoms with Gasteiger partial charge in [0.2, 0.25) is 0 Å². The van der Waals surface area contributed by atoms with Crippen molar-refractivity contribution in [3.05, 3.63) is 28.6 Å². The number of carboxylic acid groups (broad SMARTS) is 1. The highest BCUT2D eigenvalue weighted by Gasteiger charge is 2.13. The first-order valence-electron chi connectivity index (χ1n) is 4.11. The van der Waals surface area contributed by atoms with E-state index in [1.807, 2.05) is 18.4 Å². The van der Waals surface area contributed by atoms with Crippen LogP contribution in [0.3, 0.4) is 0 Å². The average molecular weight is 207 g/mol. The van der Waals surface area contributed by atoms with Crippen molar-refractivity contribution < 1.29 is 9.90 Å². The molecule has 72 valence electrons. The summed E-state index contributed by atoms with van der Waals surface area (Å²) < 4.78 is 0.796. The third-order valence-corrected chi connectivity index (χ3v) is 3.22. The smallest absolute Gasteiger partial charge is 0.337 e. The van der Waals surface area contributed by atoms with Crippen molar-refractivity contribution in [2.75, 3.05) is 5.73 Å². The van der Waals surface area contributed by atoms with E-state index in [1.54, 1.807) is 0 Å². The third-order valence-electron chi connectivity index (χ3n) is 2.28. The zero-order valence-corrected chi connectivity index (χ0v) is 8.39. The number of nitrogens with two attached hydrogens (primary N) is 1. The van der Waals surface area contributed by atoms with Crippen LogP contribution in [0.15, 0.2) is 17.5 Å². The van der Waals surface area contributed by atoms with Crippen molar-refractivity contribution in [1.82, 2.24) is 0 Å². The number of benzene rings is 1. The van der Waals surface area contributed by atoms with E-state index in [4.69, 9.17) is 10.8 Å². The van der Waals surface area contributed by atoms with Crippen LogP contribution in [0.4, 0.5) is 5.69 Å². The maximum absolute atomic E-state index is 10.9. The normalized spacial score (nSPS) is 10.6. The molecule has 0 amide bonds. The van der Waals surface area contributed by atoms with Crippen molar-refractivity contribution in [2.24, 2.45) is 0 Å². The molecule has 2 rings (SSSR count). The standard InChI is InChI=1S/C10H9NO2S/c1-5-6-2-3-14-9(6)7(10(12)13)4-8(5)11/h2-4H,11H2,1H3,(H,12,13). The molecule has 0 aliphatic carbocycles. The summed E-state index contributed by atoms with van der Waals surface area (Å²) >= 11 is 1.43. The summed E-state index contributed by atoms with van der Waals surface area (Å²) in [6.07, 6.45) is 0. The van der Waals surface area contributed by atoms with Gasteiger partial charge in [0, 0.05) is 10.4 Å². The zero-order valence-electron chi connectivity index (χ0n) is 7.57. The minimum atomic E-state index is -0.927. The van der Waals surface area contributed by atoms with Crippen molar-refractivity contribution in [1.29, 1.82) is 0 Å². The summed E-state index contributed by atoms with van der Waals surface area (Å²) in [5.41, 5.74) is 7.50. The Morgan fingerprint density at radius 2 is 2.29 bits per heavy atom. The van der Waals surface area contributed by atoms with Crippen LogP contribution in [-0.4, -0.2) is 11.1 Å². The van der Waals surface area contributed by atoms with Crippen molar-refractivity contribution in [2.45, 2.75) is 6.92 Å². The molecule has 1 aromatic carbocycles. The fourth-order valence-corrected chi connectivity index (χ4v) is 2.42. The van der Waals surface area contributed by atoms with Gasteiger partial charge in [-0.2, -0.15) is 0 Å². The molecule has 0 radical (unpaired) electrons. The minimum absolute atomic E-state index is 0.290. The number of thiophene rings is 1. The lowest BCUT2D eigenvalue weighted by Gasteiger charge is -2.04. The Balaban J connectivity index is 2.91. The number of nitrogen functional groups attached to an aromatic ring is 1. The van der Waals surface area contributed by atoms with E-state index in [1.165, 1.54) is 17.4 Å². The van der Waals surface area contributed by atoms with E-state index in [9.17, 15) is 4.79 Å². The number of carboxylic acids is 1. The summed E-state index contributed by atoms with van der Waals surface area (Å²) in [4.78, 5) is 10.9. The van der Waals surface area contributed by atoms with Crippen molar-refractivity contribution in [3.63, 3.8) is 0 Å². The van der Waals surface area contributed by atoms with Gasteiger partial charge in [-0.15, -0.1) is 11.3 Å². The first kappa shape index (κ1) is 9.02. The van der Waals surface area contributed by atoms with E-state index >= 15 is 0 Å². The number of fused-ring (bicyclic) bond motifs is 1. The fourth-order valence-electron chi connectivity index (χ4n) is 1.46. The molecule has 0 unspecified atom stereocenters. The highest BCUT2D eigenvalue weighted by Crippen LogP contribution is 2.31. The Morgan fingerprint density at radius 1 is 1.57 bits per heavy atom. The molecule has 3 N–H and O–H groups in total. The minimum Gasteiger partial charge on any atom is -0.478 e. The van der Waals surface area contributed by atoms with Crippen LogP contribution in [0.25, 0.3) is 10.1 Å². The van der Waals surface area contributed by atoms with Gasteiger partial charge < -0.3 is 10.8 Å². The van der Waals surface area contributed by atoms with Crippen molar-refractivity contribution >= 4 is 33.1 Å². The lowest BCUT2D eigenvalue weighted by atomic mass is 10.1. The molecule has 0 fully saturated rings. The lowest BCUT2D eigenvalue weighted by molar-refractivity contribution is 0.0699. The molecule has 0 spiro atoms. The number of carbonyl (C=O) groups is 1. The first-order chi connectivity index (χ1) is 6.61. The van der Waals surface area contributed by atoms with E-state index in [0.717, 1.165) is 15.6 Å². The monoisotopic (exact) mass is 207 g/mol. The predicted molar refractivity (Wildman–Crippen MR) is 57.9 cm³/mol. The Morgan fingerprint density at radius 3 is 2.93 bits per heavy atom. The molecule has 0 bridgehead atoms. The Hall–Kier alpha value is -1.55. The van der Waals surface area contributed by atoms with Gasteiger partial charge in [-0.05, 0) is 35.4 Å². The highest BCUT2D eigenvalue weighted by atomic mass is 32.1. The number of hydrogen-bond donors (Lipinski definition) is 2. The van der Waals surface area contributed by atoms with Crippen LogP contribution < -0.4 is 5.73 Å². The summed E-state index contributed by atoms with van der Waals surface area (Å²) in [6.45, 7) is 1.90. The van der Waals surface area contributed by atoms with Gasteiger partial charge in [-0.1, -0.05) is 0 Å². The molecule has 1 aromatic heterocycles. The molecule has 0 saturated carbocycles. The molecule has 4 heteroatoms. The van der Waals surface area contributed by atoms with Gasteiger partial charge in [-0.25, -0.2) is 4.79 Å². The van der Waals surface area contributed by atoms with Crippen LogP contribution >= 0.6 is 11.3 Å². The average Bonchev–Trinajstić information content (AvgIpc) is 2.59. The zero-order chi connectivity index (χ0) is 10.3. The quantitative estimate of drug-likeness (QED) is 0.706. The van der Waals surface area contributed by atoms with Crippen LogP contribution in [0.1, 0.15) is 15.9 Å². The second-order valence-electron chi connectivity index (χ2n) is 3.11. The van der Waals surface area contributed by atoms with E-state index in [0.29, 0.717) is 5.69 Å². The second kappa shape index (κ2) is 2.99. The Labute approximate surface area is 84.8 Å². The Kier molecular flexibility index (Phi) is 1.93. The second-order valence-corrected chi connectivity index (χ2v) is 4.02. The van der Waals surface area contributed by atoms with Crippen LogP contribution in [-0.2, 0) is 0 Å². The molecule has 1 heterocycles. The molecule has 0 atom stereocenters. The maximum atomic E-state index is 10.9. The lowest BCUT2D eigenvalue weighted by Crippen LogP contribution is -2.00. The van der Waals surface area contributed by atoms with E-state index in [-0.39, 0.29) is 5.56 Å². The molecule has 0 saturated heterocycles. The van der Waals surface area contributed by atoms with E-state index in [2.05, 4.69) is 0 Å². The van der Waals surface area contributed by atoms with Crippen LogP contribution in [0.2, 0.25) is 0 Å². The molecule has 2 aromatic rings. The number of rotatable bonds is 1. The summed E-state index contributed by atoms with van der Waals surface area (Å²) in [6, 6.07) is 3.43. The highest BCUT2D eigenvalue weighted by molar-refractivity contribution is 7.17. The van der Waals surface area contributed by atoms with Crippen LogP contribution in [0, 0.1) is 6.92 Å². The van der Waals surface area contributed by atoms with E-state index < -0.39 is 5.97 Å². The van der Waals surface area contributed by atoms with Gasteiger partial charge in [-0.3, -0.25) is 0 Å².